The number of nitrogens with zero attached hydrogens (tertiary/aromatic N) is 1. The molecule has 0 unspecified atom stereocenters. The summed E-state index contributed by atoms with van der Waals surface area (Å²) in [5.41, 5.74) is 2.56. The summed E-state index contributed by atoms with van der Waals surface area (Å²) < 4.78 is 13.4. The van der Waals surface area contributed by atoms with Crippen molar-refractivity contribution >= 4 is 34.9 Å². The number of halogens is 2. The second kappa shape index (κ2) is 7.33. The Labute approximate surface area is 156 Å². The van der Waals surface area contributed by atoms with E-state index in [2.05, 4.69) is 10.6 Å². The van der Waals surface area contributed by atoms with Gasteiger partial charge in [-0.2, -0.15) is 0 Å². The number of benzene rings is 2. The number of carbonyl (C=O) groups is 2. The maximum Gasteiger partial charge on any atom is 0.319 e. The molecule has 3 amide bonds. The summed E-state index contributed by atoms with van der Waals surface area (Å²) in [6.45, 7) is 3.96. The van der Waals surface area contributed by atoms with E-state index in [1.165, 1.54) is 6.07 Å². The minimum absolute atomic E-state index is 0.214. The van der Waals surface area contributed by atoms with Crippen molar-refractivity contribution in [3.8, 4) is 0 Å². The van der Waals surface area contributed by atoms with Crippen molar-refractivity contribution in [1.82, 2.24) is 5.32 Å². The van der Waals surface area contributed by atoms with Crippen molar-refractivity contribution in [1.29, 1.82) is 0 Å². The molecule has 0 spiro atoms. The van der Waals surface area contributed by atoms with Crippen LogP contribution >= 0.6 is 11.6 Å². The van der Waals surface area contributed by atoms with Crippen LogP contribution < -0.4 is 15.5 Å². The zero-order valence-corrected chi connectivity index (χ0v) is 15.2. The Balaban J connectivity index is 1.65. The minimum atomic E-state index is -0.625. The quantitative estimate of drug-likeness (QED) is 0.851. The predicted molar refractivity (Wildman–Crippen MR) is 100 cm³/mol. The molecule has 1 saturated heterocycles. The molecule has 0 aromatic heterocycles. The molecule has 1 atom stereocenters. The molecule has 0 bridgehead atoms. The standard InChI is InChI=1S/C19H19ClFN3O2/c1-11-3-4-13(20)10-17(11)23-19(26)22-16-7-8-24(18(16)25)14-5-6-15(21)12(2)9-14/h3-6,9-10,16H,7-8H2,1-2H3,(H2,22,23,26)/t16-/m1/s1. The van der Waals surface area contributed by atoms with Crippen LogP contribution in [0.1, 0.15) is 17.5 Å². The molecule has 1 aliphatic rings. The van der Waals surface area contributed by atoms with Crippen molar-refractivity contribution in [3.05, 3.63) is 58.4 Å². The molecule has 1 fully saturated rings. The number of nitrogens with one attached hydrogen (secondary N) is 2. The van der Waals surface area contributed by atoms with E-state index >= 15 is 0 Å². The van der Waals surface area contributed by atoms with Crippen molar-refractivity contribution in [2.45, 2.75) is 26.3 Å². The molecule has 7 heteroatoms. The monoisotopic (exact) mass is 375 g/mol. The number of carbonyl (C=O) groups excluding carboxylic acids is 2. The Morgan fingerprint density at radius 3 is 2.69 bits per heavy atom. The average Bonchev–Trinajstić information content (AvgIpc) is 2.94. The van der Waals surface area contributed by atoms with Gasteiger partial charge in [0.2, 0.25) is 5.91 Å². The lowest BCUT2D eigenvalue weighted by molar-refractivity contribution is -0.118. The first-order chi connectivity index (χ1) is 12.3. The second-order valence-corrected chi connectivity index (χ2v) is 6.76. The molecule has 3 rings (SSSR count). The molecule has 2 aromatic carbocycles. The molecule has 26 heavy (non-hydrogen) atoms. The number of aryl methyl sites for hydroxylation is 2. The zero-order valence-electron chi connectivity index (χ0n) is 14.5. The fourth-order valence-electron chi connectivity index (χ4n) is 2.91. The molecule has 5 nitrogen and oxygen atoms in total. The third-order valence-electron chi connectivity index (χ3n) is 4.41. The summed E-state index contributed by atoms with van der Waals surface area (Å²) in [5, 5.41) is 5.92. The molecule has 1 heterocycles. The molecule has 0 saturated carbocycles. The highest BCUT2D eigenvalue weighted by Crippen LogP contribution is 2.24. The van der Waals surface area contributed by atoms with Gasteiger partial charge in [0, 0.05) is 22.9 Å². The first-order valence-corrected chi connectivity index (χ1v) is 8.64. The number of amides is 3. The van der Waals surface area contributed by atoms with E-state index < -0.39 is 12.1 Å². The number of rotatable bonds is 3. The Hall–Kier alpha value is -2.60. The van der Waals surface area contributed by atoms with Crippen LogP contribution in [-0.4, -0.2) is 24.5 Å². The lowest BCUT2D eigenvalue weighted by atomic mass is 10.2. The van der Waals surface area contributed by atoms with Gasteiger partial charge in [0.25, 0.3) is 0 Å². The van der Waals surface area contributed by atoms with Crippen LogP contribution in [0.5, 0.6) is 0 Å². The maximum absolute atomic E-state index is 13.4. The fraction of sp³-hybridized carbons (Fsp3) is 0.263. The van der Waals surface area contributed by atoms with Crippen LogP contribution in [0.2, 0.25) is 5.02 Å². The highest BCUT2D eigenvalue weighted by atomic mass is 35.5. The summed E-state index contributed by atoms with van der Waals surface area (Å²) in [6.07, 6.45) is 0.483. The molecule has 0 aliphatic carbocycles. The van der Waals surface area contributed by atoms with Gasteiger partial charge in [-0.1, -0.05) is 17.7 Å². The lowest BCUT2D eigenvalue weighted by Gasteiger charge is -2.18. The molecule has 2 aromatic rings. The third-order valence-corrected chi connectivity index (χ3v) is 4.65. The van der Waals surface area contributed by atoms with Gasteiger partial charge in [-0.25, -0.2) is 9.18 Å². The summed E-state index contributed by atoms with van der Waals surface area (Å²) in [4.78, 5) is 26.4. The Morgan fingerprint density at radius 2 is 1.96 bits per heavy atom. The second-order valence-electron chi connectivity index (χ2n) is 6.32. The van der Waals surface area contributed by atoms with Gasteiger partial charge in [0.05, 0.1) is 0 Å². The van der Waals surface area contributed by atoms with Gasteiger partial charge in [0.1, 0.15) is 11.9 Å². The normalized spacial score (nSPS) is 16.7. The van der Waals surface area contributed by atoms with Gasteiger partial charge in [-0.3, -0.25) is 4.79 Å². The molecule has 136 valence electrons. The molecular weight excluding hydrogens is 357 g/mol. The number of hydrogen-bond acceptors (Lipinski definition) is 2. The van der Waals surface area contributed by atoms with Crippen molar-refractivity contribution in [2.75, 3.05) is 16.8 Å². The predicted octanol–water partition coefficient (Wildman–Crippen LogP) is 4.02. The number of urea groups is 1. The van der Waals surface area contributed by atoms with Gasteiger partial charge < -0.3 is 15.5 Å². The van der Waals surface area contributed by atoms with E-state index in [1.54, 1.807) is 42.2 Å². The van der Waals surface area contributed by atoms with Crippen molar-refractivity contribution in [3.63, 3.8) is 0 Å². The van der Waals surface area contributed by atoms with E-state index in [4.69, 9.17) is 11.6 Å². The Kier molecular flexibility index (Phi) is 5.13. The van der Waals surface area contributed by atoms with E-state index in [0.29, 0.717) is 34.9 Å². The lowest BCUT2D eigenvalue weighted by Crippen LogP contribution is -2.43. The largest absolute Gasteiger partial charge is 0.326 e. The van der Waals surface area contributed by atoms with Crippen molar-refractivity contribution in [2.24, 2.45) is 0 Å². The first-order valence-electron chi connectivity index (χ1n) is 8.26. The van der Waals surface area contributed by atoms with Crippen LogP contribution in [0.15, 0.2) is 36.4 Å². The van der Waals surface area contributed by atoms with Crippen LogP contribution in [0.3, 0.4) is 0 Å². The van der Waals surface area contributed by atoms with Gasteiger partial charge in [-0.05, 0) is 61.7 Å². The van der Waals surface area contributed by atoms with E-state index in [0.717, 1.165) is 5.56 Å². The zero-order chi connectivity index (χ0) is 18.8. The fourth-order valence-corrected chi connectivity index (χ4v) is 3.08. The van der Waals surface area contributed by atoms with Crippen LogP contribution in [-0.2, 0) is 4.79 Å². The summed E-state index contributed by atoms with van der Waals surface area (Å²) in [7, 11) is 0. The minimum Gasteiger partial charge on any atom is -0.326 e. The highest BCUT2D eigenvalue weighted by Gasteiger charge is 2.33. The van der Waals surface area contributed by atoms with E-state index in [1.807, 2.05) is 6.92 Å². The van der Waals surface area contributed by atoms with Crippen LogP contribution in [0.25, 0.3) is 0 Å². The molecule has 2 N–H and O–H groups in total. The molecular formula is C19H19ClFN3O2. The Morgan fingerprint density at radius 1 is 1.19 bits per heavy atom. The van der Waals surface area contributed by atoms with Gasteiger partial charge in [-0.15, -0.1) is 0 Å². The average molecular weight is 376 g/mol. The highest BCUT2D eigenvalue weighted by molar-refractivity contribution is 6.31. The number of hydrogen-bond donors (Lipinski definition) is 2. The maximum atomic E-state index is 13.4. The smallest absolute Gasteiger partial charge is 0.319 e. The SMILES string of the molecule is Cc1cc(N2CC[C@@H](NC(=O)Nc3cc(Cl)ccc3C)C2=O)ccc1F. The Bertz CT molecular complexity index is 872. The van der Waals surface area contributed by atoms with E-state index in [9.17, 15) is 14.0 Å². The van der Waals surface area contributed by atoms with Crippen molar-refractivity contribution < 1.29 is 14.0 Å². The van der Waals surface area contributed by atoms with E-state index in [-0.39, 0.29) is 11.7 Å². The molecule has 0 radical (unpaired) electrons. The summed E-state index contributed by atoms with van der Waals surface area (Å²) >= 11 is 5.95. The first kappa shape index (κ1) is 18.2. The summed E-state index contributed by atoms with van der Waals surface area (Å²) in [6, 6.07) is 8.64. The topological polar surface area (TPSA) is 61.4 Å². The molecule has 1 aliphatic heterocycles. The third kappa shape index (κ3) is 3.80. The summed E-state index contributed by atoms with van der Waals surface area (Å²) in [5.74, 6) is -0.527. The van der Waals surface area contributed by atoms with Gasteiger partial charge >= 0.3 is 6.03 Å². The van der Waals surface area contributed by atoms with Gasteiger partial charge in [0.15, 0.2) is 0 Å². The number of anilines is 2. The van der Waals surface area contributed by atoms with Crippen LogP contribution in [0, 0.1) is 19.7 Å². The van der Waals surface area contributed by atoms with Crippen LogP contribution in [0.4, 0.5) is 20.6 Å².